The molecule has 1 heterocycles. The van der Waals surface area contributed by atoms with E-state index in [2.05, 4.69) is 40.0 Å². The Labute approximate surface area is 79.6 Å². The van der Waals surface area contributed by atoms with Crippen LogP contribution in [-0.2, 0) is 11.8 Å². The quantitative estimate of drug-likeness (QED) is 0.617. The lowest BCUT2D eigenvalue weighted by molar-refractivity contribution is 0.583. The molecule has 1 aromatic heterocycles. The van der Waals surface area contributed by atoms with Crippen molar-refractivity contribution in [1.82, 2.24) is 0 Å². The summed E-state index contributed by atoms with van der Waals surface area (Å²) in [7, 11) is 0. The largest absolute Gasteiger partial charge is 0.149 e. The van der Waals surface area contributed by atoms with Crippen molar-refractivity contribution in [2.24, 2.45) is 0 Å². The second-order valence-electron chi connectivity index (χ2n) is 4.30. The maximum atomic E-state index is 2.30. The monoisotopic (exact) mass is 182 g/mol. The fraction of sp³-hybridized carbons (Fsp3) is 0.636. The lowest BCUT2D eigenvalue weighted by Crippen LogP contribution is -2.13. The Morgan fingerprint density at radius 2 is 1.92 bits per heavy atom. The lowest BCUT2D eigenvalue weighted by atomic mass is 9.84. The maximum Gasteiger partial charge on any atom is 0.00543 e. The second kappa shape index (κ2) is 3.21. The highest BCUT2D eigenvalue weighted by Gasteiger charge is 2.20. The van der Waals surface area contributed by atoms with E-state index >= 15 is 0 Å². The van der Waals surface area contributed by atoms with Gasteiger partial charge in [0.05, 0.1) is 0 Å². The van der Waals surface area contributed by atoms with Gasteiger partial charge in [0.1, 0.15) is 0 Å². The number of hydrogen-bond donors (Lipinski definition) is 0. The average molecular weight is 182 g/mol. The van der Waals surface area contributed by atoms with Crippen molar-refractivity contribution in [2.45, 2.75) is 46.5 Å². The van der Waals surface area contributed by atoms with Gasteiger partial charge >= 0.3 is 0 Å². The van der Waals surface area contributed by atoms with Gasteiger partial charge in [-0.1, -0.05) is 27.7 Å². The maximum absolute atomic E-state index is 2.30. The highest BCUT2D eigenvalue weighted by molar-refractivity contribution is 7.10. The average Bonchev–Trinajstić information content (AvgIpc) is 2.29. The Bertz CT molecular complexity index is 263. The van der Waals surface area contributed by atoms with E-state index in [1.807, 2.05) is 11.3 Å². The molecule has 12 heavy (non-hydrogen) atoms. The molecule has 0 spiro atoms. The van der Waals surface area contributed by atoms with Crippen LogP contribution in [0.15, 0.2) is 5.38 Å². The molecule has 0 unspecified atom stereocenters. The summed E-state index contributed by atoms with van der Waals surface area (Å²) in [6.45, 7) is 11.3. The van der Waals surface area contributed by atoms with Crippen molar-refractivity contribution in [1.29, 1.82) is 0 Å². The van der Waals surface area contributed by atoms with Gasteiger partial charge in [-0.25, -0.2) is 0 Å². The van der Waals surface area contributed by atoms with Crippen molar-refractivity contribution in [3.05, 3.63) is 21.4 Å². The predicted molar refractivity (Wildman–Crippen MR) is 57.1 cm³/mol. The first-order valence-corrected chi connectivity index (χ1v) is 5.42. The van der Waals surface area contributed by atoms with E-state index in [0.29, 0.717) is 5.41 Å². The summed E-state index contributed by atoms with van der Waals surface area (Å²) in [6.07, 6.45) is 1.16. The summed E-state index contributed by atoms with van der Waals surface area (Å²) in [5, 5.41) is 2.30. The molecule has 0 atom stereocenters. The molecule has 1 rings (SSSR count). The number of hydrogen-bond acceptors (Lipinski definition) is 1. The molecule has 0 bridgehead atoms. The zero-order valence-electron chi connectivity index (χ0n) is 8.69. The van der Waals surface area contributed by atoms with Crippen LogP contribution in [-0.4, -0.2) is 0 Å². The number of rotatable bonds is 1. The smallest absolute Gasteiger partial charge is 0.00543 e. The van der Waals surface area contributed by atoms with Gasteiger partial charge in [-0.3, -0.25) is 0 Å². The molecule has 0 amide bonds. The topological polar surface area (TPSA) is 0 Å². The van der Waals surface area contributed by atoms with Crippen molar-refractivity contribution in [3.8, 4) is 0 Å². The Balaban J connectivity index is 3.19. The van der Waals surface area contributed by atoms with Gasteiger partial charge in [-0.2, -0.15) is 0 Å². The normalized spacial score (nSPS) is 12.1. The molecule has 1 heteroatoms. The molecule has 0 fully saturated rings. The predicted octanol–water partition coefficient (Wildman–Crippen LogP) is 3.92. The molecule has 0 aromatic carbocycles. The van der Waals surface area contributed by atoms with Gasteiger partial charge in [-0.05, 0) is 35.3 Å². The van der Waals surface area contributed by atoms with Crippen LogP contribution in [0, 0.1) is 6.92 Å². The van der Waals surface area contributed by atoms with E-state index in [1.165, 1.54) is 10.4 Å². The summed E-state index contributed by atoms with van der Waals surface area (Å²) in [5.41, 5.74) is 3.41. The standard InChI is InChI=1S/C11H18S/c1-6-9-7-12-8(2)10(9)11(3,4)5/h7H,6H2,1-5H3. The number of aryl methyl sites for hydroxylation is 2. The zero-order valence-corrected chi connectivity index (χ0v) is 9.51. The highest BCUT2D eigenvalue weighted by Crippen LogP contribution is 2.33. The molecule has 0 aliphatic rings. The third-order valence-electron chi connectivity index (χ3n) is 2.18. The molecule has 68 valence electrons. The van der Waals surface area contributed by atoms with Crippen molar-refractivity contribution in [3.63, 3.8) is 0 Å². The van der Waals surface area contributed by atoms with Gasteiger partial charge in [0.2, 0.25) is 0 Å². The van der Waals surface area contributed by atoms with E-state index in [-0.39, 0.29) is 0 Å². The third kappa shape index (κ3) is 1.71. The fourth-order valence-corrected chi connectivity index (χ4v) is 2.93. The molecule has 1 aromatic rings. The van der Waals surface area contributed by atoms with Crippen LogP contribution in [0.4, 0.5) is 0 Å². The molecular weight excluding hydrogens is 164 g/mol. The van der Waals surface area contributed by atoms with Crippen molar-refractivity contribution in [2.75, 3.05) is 0 Å². The molecule has 0 nitrogen and oxygen atoms in total. The molecule has 0 N–H and O–H groups in total. The molecule has 0 radical (unpaired) electrons. The Morgan fingerprint density at radius 1 is 1.33 bits per heavy atom. The highest BCUT2D eigenvalue weighted by atomic mass is 32.1. The fourth-order valence-electron chi connectivity index (χ4n) is 1.77. The summed E-state index contributed by atoms with van der Waals surface area (Å²) >= 11 is 1.88. The first-order valence-electron chi connectivity index (χ1n) is 4.54. The van der Waals surface area contributed by atoms with Crippen LogP contribution in [0.25, 0.3) is 0 Å². The first-order chi connectivity index (χ1) is 5.46. The van der Waals surface area contributed by atoms with Gasteiger partial charge in [0, 0.05) is 4.88 Å². The van der Waals surface area contributed by atoms with Crippen LogP contribution in [0.2, 0.25) is 0 Å². The van der Waals surface area contributed by atoms with Gasteiger partial charge in [-0.15, -0.1) is 11.3 Å². The van der Waals surface area contributed by atoms with Crippen LogP contribution < -0.4 is 0 Å². The van der Waals surface area contributed by atoms with E-state index in [4.69, 9.17) is 0 Å². The molecule has 0 aliphatic carbocycles. The van der Waals surface area contributed by atoms with E-state index in [0.717, 1.165) is 6.42 Å². The molecule has 0 saturated heterocycles. The van der Waals surface area contributed by atoms with Crippen LogP contribution in [0.1, 0.15) is 43.7 Å². The van der Waals surface area contributed by atoms with Crippen LogP contribution in [0.3, 0.4) is 0 Å². The van der Waals surface area contributed by atoms with Crippen molar-refractivity contribution >= 4 is 11.3 Å². The third-order valence-corrected chi connectivity index (χ3v) is 3.14. The first kappa shape index (κ1) is 9.79. The summed E-state index contributed by atoms with van der Waals surface area (Å²) < 4.78 is 0. The SMILES string of the molecule is CCc1csc(C)c1C(C)(C)C. The van der Waals surface area contributed by atoms with E-state index < -0.39 is 0 Å². The van der Waals surface area contributed by atoms with E-state index in [1.54, 1.807) is 5.56 Å². The van der Waals surface area contributed by atoms with Crippen LogP contribution >= 0.6 is 11.3 Å². The second-order valence-corrected chi connectivity index (χ2v) is 5.38. The summed E-state index contributed by atoms with van der Waals surface area (Å²) in [4.78, 5) is 1.49. The van der Waals surface area contributed by atoms with E-state index in [9.17, 15) is 0 Å². The van der Waals surface area contributed by atoms with Crippen LogP contribution in [0.5, 0.6) is 0 Å². The Kier molecular flexibility index (Phi) is 2.62. The molecule has 0 aliphatic heterocycles. The van der Waals surface area contributed by atoms with Gasteiger partial charge in [0.25, 0.3) is 0 Å². The Hall–Kier alpha value is -0.300. The summed E-state index contributed by atoms with van der Waals surface area (Å²) in [5.74, 6) is 0. The minimum Gasteiger partial charge on any atom is -0.149 e. The minimum atomic E-state index is 0.315. The Morgan fingerprint density at radius 3 is 2.25 bits per heavy atom. The minimum absolute atomic E-state index is 0.315. The lowest BCUT2D eigenvalue weighted by Gasteiger charge is -2.20. The summed E-state index contributed by atoms with van der Waals surface area (Å²) in [6, 6.07) is 0. The number of thiophene rings is 1. The van der Waals surface area contributed by atoms with Crippen molar-refractivity contribution < 1.29 is 0 Å². The van der Waals surface area contributed by atoms with Gasteiger partial charge < -0.3 is 0 Å². The zero-order chi connectivity index (χ0) is 9.35. The molecular formula is C11H18S. The molecule has 0 saturated carbocycles. The van der Waals surface area contributed by atoms with Gasteiger partial charge in [0.15, 0.2) is 0 Å².